The number of sulfonamides is 1. The Balaban J connectivity index is 1.72. The zero-order chi connectivity index (χ0) is 20.5. The Morgan fingerprint density at radius 3 is 2.46 bits per heavy atom. The second-order valence-electron chi connectivity index (χ2n) is 7.98. The van der Waals surface area contributed by atoms with E-state index in [4.69, 9.17) is 0 Å². The van der Waals surface area contributed by atoms with Crippen LogP contribution in [0.25, 0.3) is 0 Å². The Morgan fingerprint density at radius 2 is 1.89 bits per heavy atom. The summed E-state index contributed by atoms with van der Waals surface area (Å²) in [6.45, 7) is 8.58. The minimum atomic E-state index is -3.39. The van der Waals surface area contributed by atoms with Gasteiger partial charge in [-0.25, -0.2) is 12.8 Å². The highest BCUT2D eigenvalue weighted by atomic mass is 32.2. The van der Waals surface area contributed by atoms with Crippen LogP contribution in [-0.2, 0) is 21.4 Å². The van der Waals surface area contributed by atoms with E-state index >= 15 is 0 Å². The molecule has 1 aromatic rings. The molecule has 0 aromatic heterocycles. The fraction of sp³-hybridized carbons (Fsp3) is 0.650. The molecule has 1 unspecified atom stereocenters. The number of amides is 1. The SMILES string of the molecule is CCC1C[C@H](C)CN(Cc2ccc(N3CCN(C(C)=O)CC3)cc2F)S1(=O)=O. The lowest BCUT2D eigenvalue weighted by molar-refractivity contribution is -0.129. The van der Waals surface area contributed by atoms with E-state index in [1.807, 2.05) is 19.9 Å². The highest BCUT2D eigenvalue weighted by Gasteiger charge is 2.37. The lowest BCUT2D eigenvalue weighted by Gasteiger charge is -2.36. The molecular weight excluding hydrogens is 381 g/mol. The zero-order valence-electron chi connectivity index (χ0n) is 16.9. The van der Waals surface area contributed by atoms with Crippen LogP contribution in [-0.4, -0.2) is 61.5 Å². The summed E-state index contributed by atoms with van der Waals surface area (Å²) in [6.07, 6.45) is 1.25. The van der Waals surface area contributed by atoms with Crippen LogP contribution < -0.4 is 4.90 Å². The molecule has 3 rings (SSSR count). The maximum Gasteiger partial charge on any atom is 0.219 e. The third-order valence-electron chi connectivity index (χ3n) is 5.89. The van der Waals surface area contributed by atoms with E-state index in [9.17, 15) is 17.6 Å². The van der Waals surface area contributed by atoms with Crippen LogP contribution in [0, 0.1) is 11.7 Å². The Morgan fingerprint density at radius 1 is 1.21 bits per heavy atom. The van der Waals surface area contributed by atoms with Crippen molar-refractivity contribution in [2.75, 3.05) is 37.6 Å². The van der Waals surface area contributed by atoms with Crippen molar-refractivity contribution in [1.82, 2.24) is 9.21 Å². The average Bonchev–Trinajstić information content (AvgIpc) is 2.66. The summed E-state index contributed by atoms with van der Waals surface area (Å²) in [5.74, 6) is -0.0510. The van der Waals surface area contributed by atoms with Crippen molar-refractivity contribution in [2.24, 2.45) is 5.92 Å². The minimum absolute atomic E-state index is 0.0588. The Hall–Kier alpha value is -1.67. The van der Waals surface area contributed by atoms with E-state index in [2.05, 4.69) is 4.90 Å². The van der Waals surface area contributed by atoms with Gasteiger partial charge in [0.15, 0.2) is 0 Å². The first-order chi connectivity index (χ1) is 13.2. The minimum Gasteiger partial charge on any atom is -0.368 e. The van der Waals surface area contributed by atoms with Crippen LogP contribution in [0.5, 0.6) is 0 Å². The van der Waals surface area contributed by atoms with Crippen molar-refractivity contribution < 1.29 is 17.6 Å². The molecule has 0 radical (unpaired) electrons. The number of nitrogens with zero attached hydrogens (tertiary/aromatic N) is 3. The zero-order valence-corrected chi connectivity index (χ0v) is 17.7. The van der Waals surface area contributed by atoms with Gasteiger partial charge in [-0.05, 0) is 30.9 Å². The smallest absolute Gasteiger partial charge is 0.219 e. The highest BCUT2D eigenvalue weighted by molar-refractivity contribution is 7.89. The van der Waals surface area contributed by atoms with Crippen LogP contribution in [0.15, 0.2) is 18.2 Å². The molecule has 0 bridgehead atoms. The van der Waals surface area contributed by atoms with Crippen LogP contribution >= 0.6 is 0 Å². The van der Waals surface area contributed by atoms with Gasteiger partial charge in [0.1, 0.15) is 5.82 Å². The quantitative estimate of drug-likeness (QED) is 0.764. The fourth-order valence-electron chi connectivity index (χ4n) is 4.17. The van der Waals surface area contributed by atoms with E-state index in [-0.39, 0.29) is 29.4 Å². The molecule has 2 atom stereocenters. The van der Waals surface area contributed by atoms with Gasteiger partial charge in [0.25, 0.3) is 0 Å². The van der Waals surface area contributed by atoms with Gasteiger partial charge < -0.3 is 9.80 Å². The number of carbonyl (C=O) groups excluding carboxylic acids is 1. The molecule has 156 valence electrons. The van der Waals surface area contributed by atoms with Crippen molar-refractivity contribution in [3.63, 3.8) is 0 Å². The van der Waals surface area contributed by atoms with Gasteiger partial charge in [-0.2, -0.15) is 4.31 Å². The third kappa shape index (κ3) is 4.33. The number of anilines is 1. The molecule has 2 saturated heterocycles. The topological polar surface area (TPSA) is 60.9 Å². The van der Waals surface area contributed by atoms with Gasteiger partial charge in [-0.3, -0.25) is 4.79 Å². The van der Waals surface area contributed by atoms with Gasteiger partial charge in [-0.15, -0.1) is 0 Å². The number of rotatable bonds is 4. The normalized spacial score (nSPS) is 25.7. The van der Waals surface area contributed by atoms with Crippen LogP contribution in [0.2, 0.25) is 0 Å². The third-order valence-corrected chi connectivity index (χ3v) is 8.26. The molecule has 28 heavy (non-hydrogen) atoms. The molecule has 0 spiro atoms. The first kappa shape index (κ1) is 21.0. The summed E-state index contributed by atoms with van der Waals surface area (Å²) in [5, 5.41) is -0.379. The van der Waals surface area contributed by atoms with Gasteiger partial charge in [0, 0.05) is 57.4 Å². The number of piperazine rings is 1. The van der Waals surface area contributed by atoms with Crippen LogP contribution in [0.1, 0.15) is 39.2 Å². The average molecular weight is 412 g/mol. The first-order valence-electron chi connectivity index (χ1n) is 10.00. The molecule has 0 saturated carbocycles. The monoisotopic (exact) mass is 411 g/mol. The lowest BCUT2D eigenvalue weighted by Crippen LogP contribution is -2.48. The summed E-state index contributed by atoms with van der Waals surface area (Å²) in [4.78, 5) is 15.3. The van der Waals surface area contributed by atoms with E-state index in [1.54, 1.807) is 17.9 Å². The van der Waals surface area contributed by atoms with Gasteiger partial charge in [0.2, 0.25) is 15.9 Å². The number of hydrogen-bond acceptors (Lipinski definition) is 4. The van der Waals surface area contributed by atoms with E-state index < -0.39 is 10.0 Å². The first-order valence-corrected chi connectivity index (χ1v) is 11.5. The van der Waals surface area contributed by atoms with Crippen molar-refractivity contribution >= 4 is 21.6 Å². The molecule has 2 fully saturated rings. The van der Waals surface area contributed by atoms with Gasteiger partial charge >= 0.3 is 0 Å². The Kier molecular flexibility index (Phi) is 6.29. The number of halogens is 1. The molecule has 1 aromatic carbocycles. The molecule has 2 heterocycles. The van der Waals surface area contributed by atoms with Crippen LogP contribution in [0.3, 0.4) is 0 Å². The fourth-order valence-corrected chi connectivity index (χ4v) is 6.37. The van der Waals surface area contributed by atoms with Crippen molar-refractivity contribution in [3.05, 3.63) is 29.6 Å². The summed E-state index contributed by atoms with van der Waals surface area (Å²) >= 11 is 0. The summed E-state index contributed by atoms with van der Waals surface area (Å²) in [6, 6.07) is 5.02. The second-order valence-corrected chi connectivity index (χ2v) is 10.2. The molecule has 6 nitrogen and oxygen atoms in total. The molecule has 2 aliphatic heterocycles. The van der Waals surface area contributed by atoms with Crippen molar-refractivity contribution in [1.29, 1.82) is 0 Å². The summed E-state index contributed by atoms with van der Waals surface area (Å²) < 4.78 is 41.8. The maximum atomic E-state index is 14.8. The van der Waals surface area contributed by atoms with Crippen LogP contribution in [0.4, 0.5) is 10.1 Å². The molecule has 8 heteroatoms. The Labute approximate surface area is 167 Å². The van der Waals surface area contributed by atoms with E-state index in [1.165, 1.54) is 10.4 Å². The largest absolute Gasteiger partial charge is 0.368 e. The number of benzene rings is 1. The summed E-state index contributed by atoms with van der Waals surface area (Å²) in [7, 11) is -3.39. The number of hydrogen-bond donors (Lipinski definition) is 0. The lowest BCUT2D eigenvalue weighted by atomic mass is 10.0. The van der Waals surface area contributed by atoms with Gasteiger partial charge in [0.05, 0.1) is 5.25 Å². The molecule has 0 aliphatic carbocycles. The second kappa shape index (κ2) is 8.37. The predicted molar refractivity (Wildman–Crippen MR) is 108 cm³/mol. The molecular formula is C20H30FN3O3S. The molecule has 1 amide bonds. The van der Waals surface area contributed by atoms with E-state index in [0.717, 1.165) is 5.69 Å². The summed E-state index contributed by atoms with van der Waals surface area (Å²) in [5.41, 5.74) is 1.17. The standard InChI is InChI=1S/C20H30FN3O3S/c1-4-19-11-15(2)13-24(28(19,26)27)14-17-5-6-18(12-20(17)21)23-9-7-22(8-10-23)16(3)25/h5-6,12,15,19H,4,7-11,13-14H2,1-3H3/t15-,19?/m0/s1. The maximum absolute atomic E-state index is 14.8. The molecule has 0 N–H and O–H groups in total. The van der Waals surface area contributed by atoms with Crippen molar-refractivity contribution in [3.8, 4) is 0 Å². The van der Waals surface area contributed by atoms with Gasteiger partial charge in [-0.1, -0.05) is 19.9 Å². The van der Waals surface area contributed by atoms with E-state index in [0.29, 0.717) is 51.1 Å². The predicted octanol–water partition coefficient (Wildman–Crippen LogP) is 2.44. The molecule has 2 aliphatic rings. The van der Waals surface area contributed by atoms with Crippen molar-refractivity contribution in [2.45, 2.75) is 45.4 Å². The number of carbonyl (C=O) groups is 1. The highest BCUT2D eigenvalue weighted by Crippen LogP contribution is 2.30. The Bertz CT molecular complexity index is 822.